The van der Waals surface area contributed by atoms with Gasteiger partial charge in [-0.05, 0) is 23.3 Å². The van der Waals surface area contributed by atoms with Crippen LogP contribution in [0.3, 0.4) is 0 Å². The topological polar surface area (TPSA) is 70.8 Å². The normalized spacial score (nSPS) is 11.6. The van der Waals surface area contributed by atoms with Crippen LogP contribution in [0.4, 0.5) is 0 Å². The van der Waals surface area contributed by atoms with Gasteiger partial charge in [0.25, 0.3) is 0 Å². The predicted molar refractivity (Wildman–Crippen MR) is 82.7 cm³/mol. The van der Waals surface area contributed by atoms with Crippen LogP contribution in [0.25, 0.3) is 0 Å². The molecule has 0 unspecified atom stereocenters. The maximum atomic E-state index is 11.5. The van der Waals surface area contributed by atoms with Crippen LogP contribution in [0.1, 0.15) is 17.2 Å². The molecule has 0 aliphatic rings. The lowest BCUT2D eigenvalue weighted by atomic mass is 10.1. The van der Waals surface area contributed by atoms with Crippen LogP contribution in [0.15, 0.2) is 48.5 Å². The van der Waals surface area contributed by atoms with Gasteiger partial charge in [0.05, 0.1) is 14.2 Å². The first-order valence-corrected chi connectivity index (χ1v) is 6.83. The molecule has 5 nitrogen and oxygen atoms in total. The fourth-order valence-corrected chi connectivity index (χ4v) is 2.00. The van der Waals surface area contributed by atoms with Crippen molar-refractivity contribution in [3.63, 3.8) is 0 Å². The van der Waals surface area contributed by atoms with E-state index in [9.17, 15) is 4.79 Å². The van der Waals surface area contributed by atoms with Crippen molar-refractivity contribution >= 4 is 5.97 Å². The van der Waals surface area contributed by atoms with Gasteiger partial charge in [-0.25, -0.2) is 0 Å². The Morgan fingerprint density at radius 3 is 2.45 bits per heavy atom. The van der Waals surface area contributed by atoms with Crippen LogP contribution in [0.5, 0.6) is 11.5 Å². The highest BCUT2D eigenvalue weighted by molar-refractivity contribution is 5.77. The van der Waals surface area contributed by atoms with E-state index in [4.69, 9.17) is 15.2 Å². The van der Waals surface area contributed by atoms with Gasteiger partial charge in [-0.15, -0.1) is 0 Å². The fourth-order valence-electron chi connectivity index (χ4n) is 2.00. The van der Waals surface area contributed by atoms with E-state index in [0.29, 0.717) is 23.7 Å². The summed E-state index contributed by atoms with van der Waals surface area (Å²) in [4.78, 5) is 11.5. The molecule has 0 spiro atoms. The number of carbonyl (C=O) groups is 1. The van der Waals surface area contributed by atoms with E-state index >= 15 is 0 Å². The van der Waals surface area contributed by atoms with E-state index in [1.165, 1.54) is 14.2 Å². The first-order valence-electron chi connectivity index (χ1n) is 6.83. The SMILES string of the molecule is COC(=O)[C@@H](N)c1ccc(OCc2ccccc2)c(OC)c1. The summed E-state index contributed by atoms with van der Waals surface area (Å²) in [6.07, 6.45) is 0. The highest BCUT2D eigenvalue weighted by Crippen LogP contribution is 2.30. The van der Waals surface area contributed by atoms with Crippen LogP contribution in [-0.2, 0) is 16.1 Å². The quantitative estimate of drug-likeness (QED) is 0.830. The van der Waals surface area contributed by atoms with Gasteiger partial charge in [-0.1, -0.05) is 36.4 Å². The zero-order chi connectivity index (χ0) is 15.9. The van der Waals surface area contributed by atoms with E-state index < -0.39 is 12.0 Å². The maximum absolute atomic E-state index is 11.5. The molecule has 0 aliphatic carbocycles. The van der Waals surface area contributed by atoms with Gasteiger partial charge < -0.3 is 19.9 Å². The molecule has 2 N–H and O–H groups in total. The Bertz CT molecular complexity index is 628. The summed E-state index contributed by atoms with van der Waals surface area (Å²) in [5, 5.41) is 0. The summed E-state index contributed by atoms with van der Waals surface area (Å²) in [5.41, 5.74) is 7.48. The Kier molecular flexibility index (Phi) is 5.38. The Morgan fingerprint density at radius 1 is 1.09 bits per heavy atom. The number of hydrogen-bond acceptors (Lipinski definition) is 5. The number of esters is 1. The molecule has 2 rings (SSSR count). The van der Waals surface area contributed by atoms with E-state index in [1.54, 1.807) is 18.2 Å². The van der Waals surface area contributed by atoms with Crippen LogP contribution in [-0.4, -0.2) is 20.2 Å². The second-order valence-corrected chi connectivity index (χ2v) is 4.69. The largest absolute Gasteiger partial charge is 0.493 e. The zero-order valence-electron chi connectivity index (χ0n) is 12.6. The van der Waals surface area contributed by atoms with E-state index in [0.717, 1.165) is 5.56 Å². The molecule has 0 saturated heterocycles. The average Bonchev–Trinajstić information content (AvgIpc) is 2.59. The van der Waals surface area contributed by atoms with Crippen molar-refractivity contribution in [1.29, 1.82) is 0 Å². The van der Waals surface area contributed by atoms with Gasteiger partial charge in [-0.3, -0.25) is 4.79 Å². The first kappa shape index (κ1) is 15.9. The van der Waals surface area contributed by atoms with Crippen molar-refractivity contribution in [3.05, 3.63) is 59.7 Å². The number of ether oxygens (including phenoxy) is 3. The van der Waals surface area contributed by atoms with Crippen molar-refractivity contribution in [2.24, 2.45) is 5.73 Å². The number of nitrogens with two attached hydrogens (primary N) is 1. The number of benzene rings is 2. The third-order valence-electron chi connectivity index (χ3n) is 3.24. The Hall–Kier alpha value is -2.53. The van der Waals surface area contributed by atoms with Crippen molar-refractivity contribution < 1.29 is 19.0 Å². The van der Waals surface area contributed by atoms with Gasteiger partial charge in [0.2, 0.25) is 0 Å². The van der Waals surface area contributed by atoms with Crippen LogP contribution < -0.4 is 15.2 Å². The van der Waals surface area contributed by atoms with Crippen molar-refractivity contribution in [3.8, 4) is 11.5 Å². The summed E-state index contributed by atoms with van der Waals surface area (Å²) >= 11 is 0. The summed E-state index contributed by atoms with van der Waals surface area (Å²) < 4.78 is 15.7. The third kappa shape index (κ3) is 3.77. The molecule has 5 heteroatoms. The second-order valence-electron chi connectivity index (χ2n) is 4.69. The molecule has 0 bridgehead atoms. The molecule has 0 aliphatic heterocycles. The lowest BCUT2D eigenvalue weighted by Crippen LogP contribution is -2.22. The molecule has 0 fully saturated rings. The smallest absolute Gasteiger partial charge is 0.327 e. The minimum Gasteiger partial charge on any atom is -0.493 e. The first-order chi connectivity index (χ1) is 10.7. The summed E-state index contributed by atoms with van der Waals surface area (Å²) in [5.74, 6) is 0.611. The van der Waals surface area contributed by atoms with Crippen molar-refractivity contribution in [1.82, 2.24) is 0 Å². The van der Waals surface area contributed by atoms with Gasteiger partial charge in [0.1, 0.15) is 12.6 Å². The van der Waals surface area contributed by atoms with Crippen molar-refractivity contribution in [2.45, 2.75) is 12.6 Å². The van der Waals surface area contributed by atoms with Gasteiger partial charge in [0, 0.05) is 0 Å². The monoisotopic (exact) mass is 301 g/mol. The molecule has 116 valence electrons. The maximum Gasteiger partial charge on any atom is 0.327 e. The minimum atomic E-state index is -0.845. The predicted octanol–water partition coefficient (Wildman–Crippen LogP) is 2.45. The van der Waals surface area contributed by atoms with Crippen molar-refractivity contribution in [2.75, 3.05) is 14.2 Å². The Labute approximate surface area is 129 Å². The molecule has 0 saturated carbocycles. The standard InChI is InChI=1S/C17H19NO4/c1-20-15-10-13(16(18)17(19)21-2)8-9-14(15)22-11-12-6-4-3-5-7-12/h3-10,16H,11,18H2,1-2H3/t16-/m0/s1. The molecule has 0 radical (unpaired) electrons. The molecular weight excluding hydrogens is 282 g/mol. The summed E-state index contributed by atoms with van der Waals surface area (Å²) in [7, 11) is 2.84. The van der Waals surface area contributed by atoms with Crippen LogP contribution >= 0.6 is 0 Å². The molecule has 1 atom stereocenters. The highest BCUT2D eigenvalue weighted by atomic mass is 16.5. The minimum absolute atomic E-state index is 0.430. The second kappa shape index (κ2) is 7.47. The number of methoxy groups -OCH3 is 2. The van der Waals surface area contributed by atoms with Crippen LogP contribution in [0, 0.1) is 0 Å². The summed E-state index contributed by atoms with van der Waals surface area (Å²) in [6, 6.07) is 14.1. The number of hydrogen-bond donors (Lipinski definition) is 1. The van der Waals surface area contributed by atoms with Crippen LogP contribution in [0.2, 0.25) is 0 Å². The molecule has 2 aromatic carbocycles. The molecule has 0 amide bonds. The molecular formula is C17H19NO4. The van der Waals surface area contributed by atoms with Gasteiger partial charge in [-0.2, -0.15) is 0 Å². The third-order valence-corrected chi connectivity index (χ3v) is 3.24. The number of carbonyl (C=O) groups excluding carboxylic acids is 1. The lowest BCUT2D eigenvalue weighted by Gasteiger charge is -2.14. The fraction of sp³-hybridized carbons (Fsp3) is 0.235. The van der Waals surface area contributed by atoms with E-state index in [1.807, 2.05) is 30.3 Å². The van der Waals surface area contributed by atoms with Gasteiger partial charge in [0.15, 0.2) is 11.5 Å². The Morgan fingerprint density at radius 2 is 1.82 bits per heavy atom. The molecule has 22 heavy (non-hydrogen) atoms. The summed E-state index contributed by atoms with van der Waals surface area (Å²) in [6.45, 7) is 0.430. The van der Waals surface area contributed by atoms with E-state index in [2.05, 4.69) is 4.74 Å². The zero-order valence-corrected chi connectivity index (χ0v) is 12.6. The molecule has 0 heterocycles. The lowest BCUT2D eigenvalue weighted by molar-refractivity contribution is -0.142. The Balaban J connectivity index is 2.14. The highest BCUT2D eigenvalue weighted by Gasteiger charge is 2.18. The average molecular weight is 301 g/mol. The number of rotatable bonds is 6. The van der Waals surface area contributed by atoms with E-state index in [-0.39, 0.29) is 0 Å². The molecule has 0 aromatic heterocycles. The van der Waals surface area contributed by atoms with Gasteiger partial charge >= 0.3 is 5.97 Å². The molecule has 2 aromatic rings.